The van der Waals surface area contributed by atoms with Gasteiger partial charge in [-0.3, -0.25) is 0 Å². The Kier molecular flexibility index (Phi) is 4.76. The second-order valence-corrected chi connectivity index (χ2v) is 7.89. The first-order valence-electron chi connectivity index (χ1n) is 6.65. The third-order valence-corrected chi connectivity index (χ3v) is 5.10. The molecule has 0 aromatic carbocycles. The molecule has 2 heterocycles. The van der Waals surface area contributed by atoms with E-state index in [1.807, 2.05) is 17.5 Å². The number of thiazole rings is 1. The molecule has 0 spiro atoms. The molecule has 0 saturated carbocycles. The van der Waals surface area contributed by atoms with E-state index in [-0.39, 0.29) is 5.41 Å². The maximum Gasteiger partial charge on any atom is 0.0981 e. The van der Waals surface area contributed by atoms with Crippen LogP contribution in [0.5, 0.6) is 0 Å². The molecular formula is C15H22N2S2. The van der Waals surface area contributed by atoms with Crippen molar-refractivity contribution >= 4 is 22.7 Å². The molecule has 1 atom stereocenters. The Bertz CT molecular complexity index is 494. The van der Waals surface area contributed by atoms with Gasteiger partial charge in [0.15, 0.2) is 0 Å². The topological polar surface area (TPSA) is 24.9 Å². The summed E-state index contributed by atoms with van der Waals surface area (Å²) in [5, 5.41) is 9.16. The van der Waals surface area contributed by atoms with Gasteiger partial charge in [-0.2, -0.15) is 11.3 Å². The number of rotatable bonds is 5. The molecule has 2 nitrogen and oxygen atoms in total. The average molecular weight is 294 g/mol. The van der Waals surface area contributed by atoms with Crippen molar-refractivity contribution in [3.8, 4) is 0 Å². The third-order valence-electron chi connectivity index (χ3n) is 2.94. The van der Waals surface area contributed by atoms with Gasteiger partial charge in [-0.1, -0.05) is 20.8 Å². The van der Waals surface area contributed by atoms with Gasteiger partial charge in [0, 0.05) is 29.1 Å². The highest BCUT2D eigenvalue weighted by atomic mass is 32.1. The van der Waals surface area contributed by atoms with Gasteiger partial charge in [-0.05, 0) is 35.7 Å². The predicted molar refractivity (Wildman–Crippen MR) is 85.1 cm³/mol. The molecule has 0 radical (unpaired) electrons. The van der Waals surface area contributed by atoms with Crippen molar-refractivity contribution in [2.24, 2.45) is 0 Å². The molecule has 0 aliphatic heterocycles. The fourth-order valence-corrected chi connectivity index (χ4v) is 3.45. The summed E-state index contributed by atoms with van der Waals surface area (Å²) in [6.07, 6.45) is 3.10. The molecular weight excluding hydrogens is 272 g/mol. The summed E-state index contributed by atoms with van der Waals surface area (Å²) in [5.74, 6) is 0. The summed E-state index contributed by atoms with van der Waals surface area (Å²) >= 11 is 3.58. The number of aromatic nitrogens is 1. The zero-order valence-corrected chi connectivity index (χ0v) is 13.7. The van der Waals surface area contributed by atoms with Crippen molar-refractivity contribution in [3.05, 3.63) is 38.5 Å². The van der Waals surface area contributed by atoms with Gasteiger partial charge in [-0.15, -0.1) is 11.3 Å². The molecule has 1 unspecified atom stereocenters. The summed E-state index contributed by atoms with van der Waals surface area (Å²) in [4.78, 5) is 5.84. The molecule has 1 N–H and O–H groups in total. The van der Waals surface area contributed by atoms with Crippen LogP contribution in [0.25, 0.3) is 0 Å². The maximum absolute atomic E-state index is 4.52. The molecule has 4 heteroatoms. The average Bonchev–Trinajstić information content (AvgIpc) is 2.95. The fraction of sp³-hybridized carbons (Fsp3) is 0.533. The Morgan fingerprint density at radius 3 is 2.74 bits per heavy atom. The van der Waals surface area contributed by atoms with Crippen LogP contribution < -0.4 is 5.32 Å². The Labute approximate surface area is 123 Å². The summed E-state index contributed by atoms with van der Waals surface area (Å²) in [6, 6.07) is 2.70. The van der Waals surface area contributed by atoms with Crippen molar-refractivity contribution in [2.45, 2.75) is 52.1 Å². The molecule has 2 aromatic heterocycles. The SMILES string of the molecule is CC(Cc1ccsc1)NCc1cnc(C(C)(C)C)s1. The van der Waals surface area contributed by atoms with Crippen molar-refractivity contribution in [1.82, 2.24) is 10.3 Å². The molecule has 2 rings (SSSR count). The van der Waals surface area contributed by atoms with Crippen LogP contribution in [0.1, 0.15) is 43.1 Å². The molecule has 0 saturated heterocycles. The molecule has 2 aromatic rings. The normalized spacial score (nSPS) is 13.7. The Hall–Kier alpha value is -0.710. The number of nitrogens with one attached hydrogen (secondary N) is 1. The van der Waals surface area contributed by atoms with E-state index in [9.17, 15) is 0 Å². The van der Waals surface area contributed by atoms with Crippen LogP contribution in [0.15, 0.2) is 23.0 Å². The smallest absolute Gasteiger partial charge is 0.0981 e. The van der Waals surface area contributed by atoms with Gasteiger partial charge in [-0.25, -0.2) is 4.98 Å². The first-order valence-corrected chi connectivity index (χ1v) is 8.41. The van der Waals surface area contributed by atoms with Gasteiger partial charge < -0.3 is 5.32 Å². The monoisotopic (exact) mass is 294 g/mol. The van der Waals surface area contributed by atoms with Gasteiger partial charge in [0.1, 0.15) is 0 Å². The highest BCUT2D eigenvalue weighted by Gasteiger charge is 2.18. The highest BCUT2D eigenvalue weighted by Crippen LogP contribution is 2.26. The van der Waals surface area contributed by atoms with Crippen LogP contribution in [0, 0.1) is 0 Å². The standard InChI is InChI=1S/C15H22N2S2/c1-11(7-12-5-6-18-10-12)16-8-13-9-17-14(19-13)15(2,3)4/h5-6,9-11,16H,7-8H2,1-4H3. The van der Waals surface area contributed by atoms with E-state index in [4.69, 9.17) is 0 Å². The minimum Gasteiger partial charge on any atom is -0.309 e. The van der Waals surface area contributed by atoms with E-state index in [1.54, 1.807) is 11.3 Å². The second kappa shape index (κ2) is 6.16. The summed E-state index contributed by atoms with van der Waals surface area (Å²) in [7, 11) is 0. The summed E-state index contributed by atoms with van der Waals surface area (Å²) < 4.78 is 0. The van der Waals surface area contributed by atoms with E-state index < -0.39 is 0 Å². The van der Waals surface area contributed by atoms with E-state index in [1.165, 1.54) is 15.4 Å². The van der Waals surface area contributed by atoms with E-state index >= 15 is 0 Å². The van der Waals surface area contributed by atoms with Gasteiger partial charge in [0.25, 0.3) is 0 Å². The zero-order valence-electron chi connectivity index (χ0n) is 12.1. The molecule has 0 amide bonds. The quantitative estimate of drug-likeness (QED) is 0.893. The molecule has 0 bridgehead atoms. The molecule has 19 heavy (non-hydrogen) atoms. The molecule has 0 aliphatic rings. The minimum atomic E-state index is 0.158. The van der Waals surface area contributed by atoms with Gasteiger partial charge in [0.05, 0.1) is 5.01 Å². The first kappa shape index (κ1) is 14.7. The van der Waals surface area contributed by atoms with Crippen LogP contribution in [0.2, 0.25) is 0 Å². The number of hydrogen-bond acceptors (Lipinski definition) is 4. The number of hydrogen-bond donors (Lipinski definition) is 1. The second-order valence-electron chi connectivity index (χ2n) is 6.00. The third kappa shape index (κ3) is 4.41. The Balaban J connectivity index is 1.83. The summed E-state index contributed by atoms with van der Waals surface area (Å²) in [6.45, 7) is 9.79. The lowest BCUT2D eigenvalue weighted by Gasteiger charge is -2.14. The number of nitrogens with zero attached hydrogens (tertiary/aromatic N) is 1. The lowest BCUT2D eigenvalue weighted by molar-refractivity contribution is 0.549. The number of thiophene rings is 1. The van der Waals surface area contributed by atoms with E-state index in [2.05, 4.69) is 54.8 Å². The van der Waals surface area contributed by atoms with Crippen molar-refractivity contribution in [1.29, 1.82) is 0 Å². The van der Waals surface area contributed by atoms with Crippen molar-refractivity contribution in [3.63, 3.8) is 0 Å². The van der Waals surface area contributed by atoms with Gasteiger partial charge in [0.2, 0.25) is 0 Å². The van der Waals surface area contributed by atoms with Gasteiger partial charge >= 0.3 is 0 Å². The largest absolute Gasteiger partial charge is 0.309 e. The fourth-order valence-electron chi connectivity index (χ4n) is 1.85. The van der Waals surface area contributed by atoms with Crippen LogP contribution in [0.4, 0.5) is 0 Å². The van der Waals surface area contributed by atoms with Crippen LogP contribution >= 0.6 is 22.7 Å². The van der Waals surface area contributed by atoms with Crippen molar-refractivity contribution in [2.75, 3.05) is 0 Å². The van der Waals surface area contributed by atoms with Crippen molar-refractivity contribution < 1.29 is 0 Å². The Morgan fingerprint density at radius 2 is 2.16 bits per heavy atom. The lowest BCUT2D eigenvalue weighted by Crippen LogP contribution is -2.27. The van der Waals surface area contributed by atoms with Crippen LogP contribution in [-0.2, 0) is 18.4 Å². The van der Waals surface area contributed by atoms with E-state index in [0.29, 0.717) is 6.04 Å². The zero-order chi connectivity index (χ0) is 13.9. The lowest BCUT2D eigenvalue weighted by atomic mass is 9.98. The van der Waals surface area contributed by atoms with Crippen LogP contribution in [0.3, 0.4) is 0 Å². The first-order chi connectivity index (χ1) is 8.95. The minimum absolute atomic E-state index is 0.158. The maximum atomic E-state index is 4.52. The molecule has 0 fully saturated rings. The molecule has 0 aliphatic carbocycles. The predicted octanol–water partition coefficient (Wildman–Crippen LogP) is 4.22. The highest BCUT2D eigenvalue weighted by molar-refractivity contribution is 7.11. The molecule has 104 valence electrons. The Morgan fingerprint density at radius 1 is 1.37 bits per heavy atom. The van der Waals surface area contributed by atoms with E-state index in [0.717, 1.165) is 13.0 Å². The van der Waals surface area contributed by atoms with Crippen LogP contribution in [-0.4, -0.2) is 11.0 Å². The summed E-state index contributed by atoms with van der Waals surface area (Å²) in [5.41, 5.74) is 1.58.